The monoisotopic (exact) mass is 327 g/mol. The van der Waals surface area contributed by atoms with E-state index in [1.807, 2.05) is 6.07 Å². The van der Waals surface area contributed by atoms with Crippen LogP contribution in [0.5, 0.6) is 11.5 Å². The Morgan fingerprint density at radius 2 is 2.00 bits per heavy atom. The molecule has 0 atom stereocenters. The average molecular weight is 327 g/mol. The van der Waals surface area contributed by atoms with Crippen molar-refractivity contribution in [1.29, 1.82) is 5.26 Å². The third-order valence-electron chi connectivity index (χ3n) is 3.75. The summed E-state index contributed by atoms with van der Waals surface area (Å²) >= 11 is 0. The molecule has 0 amide bonds. The van der Waals surface area contributed by atoms with Crippen molar-refractivity contribution >= 4 is 5.78 Å². The van der Waals surface area contributed by atoms with E-state index in [1.165, 1.54) is 14.2 Å². The van der Waals surface area contributed by atoms with Crippen LogP contribution in [0.15, 0.2) is 23.0 Å². The number of rotatable bonds is 5. The molecule has 0 aliphatic carbocycles. The standard InChI is InChI=1S/C17H17N3O4/c1-10-11(2)19-20(17(22)14(10)8-18)9-15(21)13-6-5-12(23-3)7-16(13)24-4/h5-7H,9H2,1-4H3. The van der Waals surface area contributed by atoms with E-state index in [4.69, 9.17) is 14.7 Å². The zero-order valence-electron chi connectivity index (χ0n) is 13.9. The minimum Gasteiger partial charge on any atom is -0.497 e. The van der Waals surface area contributed by atoms with E-state index in [0.717, 1.165) is 4.68 Å². The van der Waals surface area contributed by atoms with Gasteiger partial charge in [-0.2, -0.15) is 10.4 Å². The predicted octanol–water partition coefficient (Wildman–Crippen LogP) is 1.63. The molecular formula is C17H17N3O4. The number of Topliss-reactive ketones (excluding diaryl/α,β-unsaturated/α-hetero) is 1. The van der Waals surface area contributed by atoms with Gasteiger partial charge in [0.25, 0.3) is 5.56 Å². The van der Waals surface area contributed by atoms with Crippen LogP contribution in [0.25, 0.3) is 0 Å². The van der Waals surface area contributed by atoms with Crippen LogP contribution < -0.4 is 15.0 Å². The number of hydrogen-bond donors (Lipinski definition) is 0. The lowest BCUT2D eigenvalue weighted by Crippen LogP contribution is -2.30. The summed E-state index contributed by atoms with van der Waals surface area (Å²) in [6.07, 6.45) is 0. The summed E-state index contributed by atoms with van der Waals surface area (Å²) in [5, 5.41) is 13.2. The van der Waals surface area contributed by atoms with Crippen LogP contribution >= 0.6 is 0 Å². The van der Waals surface area contributed by atoms with Gasteiger partial charge in [-0.15, -0.1) is 0 Å². The van der Waals surface area contributed by atoms with Gasteiger partial charge in [0.2, 0.25) is 0 Å². The van der Waals surface area contributed by atoms with Crippen molar-refractivity contribution in [1.82, 2.24) is 9.78 Å². The van der Waals surface area contributed by atoms with Gasteiger partial charge in [-0.05, 0) is 31.5 Å². The molecule has 0 saturated heterocycles. The summed E-state index contributed by atoms with van der Waals surface area (Å²) in [5.41, 5.74) is 0.774. The molecule has 7 nitrogen and oxygen atoms in total. The molecular weight excluding hydrogens is 310 g/mol. The first-order valence-corrected chi connectivity index (χ1v) is 7.16. The summed E-state index contributed by atoms with van der Waals surface area (Å²) in [4.78, 5) is 24.8. The highest BCUT2D eigenvalue weighted by Crippen LogP contribution is 2.25. The number of hydrogen-bond acceptors (Lipinski definition) is 6. The molecule has 0 spiro atoms. The van der Waals surface area contributed by atoms with Crippen LogP contribution in [0.4, 0.5) is 0 Å². The maximum absolute atomic E-state index is 12.5. The van der Waals surface area contributed by atoms with Gasteiger partial charge >= 0.3 is 0 Å². The minimum atomic E-state index is -0.582. The molecule has 0 saturated carbocycles. The molecule has 0 unspecified atom stereocenters. The van der Waals surface area contributed by atoms with Gasteiger partial charge in [0.1, 0.15) is 29.7 Å². The molecule has 0 bridgehead atoms. The van der Waals surface area contributed by atoms with Crippen LogP contribution in [-0.4, -0.2) is 29.8 Å². The number of methoxy groups -OCH3 is 2. The Bertz CT molecular complexity index is 894. The molecule has 7 heteroatoms. The van der Waals surface area contributed by atoms with Crippen molar-refractivity contribution in [3.05, 3.63) is 50.9 Å². The molecule has 0 fully saturated rings. The Morgan fingerprint density at radius 3 is 2.58 bits per heavy atom. The van der Waals surface area contributed by atoms with Crippen LogP contribution in [0.3, 0.4) is 0 Å². The smallest absolute Gasteiger partial charge is 0.285 e. The van der Waals surface area contributed by atoms with Crippen molar-refractivity contribution in [2.24, 2.45) is 0 Å². The van der Waals surface area contributed by atoms with Crippen molar-refractivity contribution in [2.75, 3.05) is 14.2 Å². The van der Waals surface area contributed by atoms with Gasteiger partial charge < -0.3 is 9.47 Å². The van der Waals surface area contributed by atoms with E-state index in [0.29, 0.717) is 28.3 Å². The lowest BCUT2D eigenvalue weighted by Gasteiger charge is -2.11. The Morgan fingerprint density at radius 1 is 1.29 bits per heavy atom. The second kappa shape index (κ2) is 6.96. The molecule has 124 valence electrons. The number of benzene rings is 1. The lowest BCUT2D eigenvalue weighted by atomic mass is 10.1. The SMILES string of the molecule is COc1ccc(C(=O)Cn2nc(C)c(C)c(C#N)c2=O)c(OC)c1. The Balaban J connectivity index is 2.43. The predicted molar refractivity (Wildman–Crippen MR) is 86.6 cm³/mol. The summed E-state index contributed by atoms with van der Waals surface area (Å²) in [7, 11) is 2.96. The van der Waals surface area contributed by atoms with E-state index < -0.39 is 5.56 Å². The zero-order valence-corrected chi connectivity index (χ0v) is 13.9. The fraction of sp³-hybridized carbons (Fsp3) is 0.294. The Hall–Kier alpha value is -3.14. The van der Waals surface area contributed by atoms with E-state index in [-0.39, 0.29) is 17.9 Å². The molecule has 0 radical (unpaired) electrons. The second-order valence-corrected chi connectivity index (χ2v) is 5.15. The van der Waals surface area contributed by atoms with Crippen LogP contribution in [0.1, 0.15) is 27.2 Å². The largest absolute Gasteiger partial charge is 0.497 e. The third-order valence-corrected chi connectivity index (χ3v) is 3.75. The quantitative estimate of drug-likeness (QED) is 0.775. The molecule has 1 heterocycles. The van der Waals surface area contributed by atoms with Crippen LogP contribution in [0, 0.1) is 25.2 Å². The third kappa shape index (κ3) is 3.13. The Kier molecular flexibility index (Phi) is 4.99. The molecule has 0 aliphatic rings. The fourth-order valence-electron chi connectivity index (χ4n) is 2.26. The average Bonchev–Trinajstić information content (AvgIpc) is 2.59. The van der Waals surface area contributed by atoms with E-state index in [2.05, 4.69) is 5.10 Å². The van der Waals surface area contributed by atoms with Crippen molar-refractivity contribution < 1.29 is 14.3 Å². The number of nitrogens with zero attached hydrogens (tertiary/aromatic N) is 3. The van der Waals surface area contributed by atoms with Gasteiger partial charge in [0, 0.05) is 6.07 Å². The number of ketones is 1. The molecule has 0 N–H and O–H groups in total. The van der Waals surface area contributed by atoms with E-state index in [1.54, 1.807) is 32.0 Å². The highest BCUT2D eigenvalue weighted by Gasteiger charge is 2.18. The number of aromatic nitrogens is 2. The first-order chi connectivity index (χ1) is 11.4. The molecule has 1 aromatic carbocycles. The maximum atomic E-state index is 12.5. The number of ether oxygens (including phenoxy) is 2. The molecule has 0 aliphatic heterocycles. The van der Waals surface area contributed by atoms with E-state index in [9.17, 15) is 9.59 Å². The zero-order chi connectivity index (χ0) is 17.9. The van der Waals surface area contributed by atoms with E-state index >= 15 is 0 Å². The normalized spacial score (nSPS) is 10.1. The molecule has 24 heavy (non-hydrogen) atoms. The van der Waals surface area contributed by atoms with Gasteiger partial charge in [-0.1, -0.05) is 0 Å². The van der Waals surface area contributed by atoms with Crippen LogP contribution in [-0.2, 0) is 6.54 Å². The maximum Gasteiger partial charge on any atom is 0.285 e. The molecule has 1 aromatic heterocycles. The first-order valence-electron chi connectivity index (χ1n) is 7.16. The highest BCUT2D eigenvalue weighted by molar-refractivity contribution is 5.98. The number of aryl methyl sites for hydroxylation is 1. The number of carbonyl (C=O) groups is 1. The van der Waals surface area contributed by atoms with Gasteiger partial charge in [-0.25, -0.2) is 4.68 Å². The van der Waals surface area contributed by atoms with Crippen molar-refractivity contribution in [3.63, 3.8) is 0 Å². The fourth-order valence-corrected chi connectivity index (χ4v) is 2.26. The minimum absolute atomic E-state index is 0.00278. The Labute approximate surface area is 139 Å². The molecule has 2 rings (SSSR count). The second-order valence-electron chi connectivity index (χ2n) is 5.15. The number of nitriles is 1. The highest BCUT2D eigenvalue weighted by atomic mass is 16.5. The van der Waals surface area contributed by atoms with Gasteiger partial charge in [-0.3, -0.25) is 9.59 Å². The number of carbonyl (C=O) groups excluding carboxylic acids is 1. The van der Waals surface area contributed by atoms with Gasteiger partial charge in [0.05, 0.1) is 25.5 Å². The summed E-state index contributed by atoms with van der Waals surface area (Å²) in [5.74, 6) is 0.546. The molecule has 2 aromatic rings. The van der Waals surface area contributed by atoms with Crippen molar-refractivity contribution in [2.45, 2.75) is 20.4 Å². The van der Waals surface area contributed by atoms with Gasteiger partial charge in [0.15, 0.2) is 5.78 Å². The summed E-state index contributed by atoms with van der Waals surface area (Å²) in [6.45, 7) is 3.06. The van der Waals surface area contributed by atoms with Crippen LogP contribution in [0.2, 0.25) is 0 Å². The topological polar surface area (TPSA) is 94.2 Å². The van der Waals surface area contributed by atoms with Crippen molar-refractivity contribution in [3.8, 4) is 17.6 Å². The summed E-state index contributed by atoms with van der Waals surface area (Å²) < 4.78 is 11.3. The lowest BCUT2D eigenvalue weighted by molar-refractivity contribution is 0.0962. The summed E-state index contributed by atoms with van der Waals surface area (Å²) in [6, 6.07) is 6.66. The first kappa shape index (κ1) is 17.2.